The Morgan fingerprint density at radius 2 is 1.83 bits per heavy atom. The van der Waals surface area contributed by atoms with Gasteiger partial charge < -0.3 is 19.5 Å². The van der Waals surface area contributed by atoms with Gasteiger partial charge in [0.25, 0.3) is 0 Å². The Hall–Kier alpha value is -2.14. The molecule has 1 aromatic rings. The molecule has 1 aliphatic rings. The van der Waals surface area contributed by atoms with Crippen molar-refractivity contribution in [2.24, 2.45) is 0 Å². The van der Waals surface area contributed by atoms with E-state index in [9.17, 15) is 18.0 Å². The summed E-state index contributed by atoms with van der Waals surface area (Å²) in [4.78, 5) is 26.2. The molecule has 0 saturated carbocycles. The van der Waals surface area contributed by atoms with Crippen LogP contribution in [0.25, 0.3) is 0 Å². The van der Waals surface area contributed by atoms with E-state index in [4.69, 9.17) is 9.26 Å². The molecule has 1 aromatic heterocycles. The highest BCUT2D eigenvalue weighted by Crippen LogP contribution is 2.24. The number of nitrogens with zero attached hydrogens (tertiary/aromatic N) is 3. The van der Waals surface area contributed by atoms with Crippen molar-refractivity contribution in [2.75, 3.05) is 26.2 Å². The van der Waals surface area contributed by atoms with Crippen LogP contribution in [0.4, 0.5) is 4.79 Å². The minimum atomic E-state index is -3.76. The summed E-state index contributed by atoms with van der Waals surface area (Å²) in [5, 5.41) is 6.25. The van der Waals surface area contributed by atoms with Crippen molar-refractivity contribution in [2.45, 2.75) is 64.5 Å². The monoisotopic (exact) mass is 430 g/mol. The third-order valence-electron chi connectivity index (χ3n) is 4.44. The summed E-state index contributed by atoms with van der Waals surface area (Å²) in [5.74, 6) is -0.0395. The summed E-state index contributed by atoms with van der Waals surface area (Å²) in [6.45, 7) is 11.0. The lowest BCUT2D eigenvalue weighted by Gasteiger charge is -2.26. The van der Waals surface area contributed by atoms with Crippen LogP contribution in [0, 0.1) is 13.8 Å². The summed E-state index contributed by atoms with van der Waals surface area (Å²) in [7, 11) is -3.76. The van der Waals surface area contributed by atoms with Gasteiger partial charge in [0.1, 0.15) is 22.2 Å². The van der Waals surface area contributed by atoms with E-state index in [2.05, 4.69) is 10.5 Å². The maximum atomic E-state index is 13.0. The van der Waals surface area contributed by atoms with E-state index in [1.807, 2.05) is 0 Å². The highest BCUT2D eigenvalue weighted by atomic mass is 32.2. The lowest BCUT2D eigenvalue weighted by molar-refractivity contribution is -0.132. The first-order chi connectivity index (χ1) is 13.3. The Morgan fingerprint density at radius 3 is 2.38 bits per heavy atom. The molecular formula is C18H30N4O6S. The van der Waals surface area contributed by atoms with Crippen LogP contribution in [0.1, 0.15) is 45.6 Å². The number of aromatic nitrogens is 1. The van der Waals surface area contributed by atoms with Gasteiger partial charge in [-0.05, 0) is 48.0 Å². The van der Waals surface area contributed by atoms with Crippen molar-refractivity contribution in [1.82, 2.24) is 19.7 Å². The topological polar surface area (TPSA) is 122 Å². The third-order valence-corrected chi connectivity index (χ3v) is 6.58. The number of ether oxygens (including phenoxy) is 1. The number of alkyl carbamates (subject to hydrolysis) is 1. The molecule has 2 heterocycles. The zero-order chi connectivity index (χ0) is 22.0. The number of amides is 2. The predicted octanol–water partition coefficient (Wildman–Crippen LogP) is 1.43. The van der Waals surface area contributed by atoms with Gasteiger partial charge in [-0.3, -0.25) is 4.79 Å². The highest BCUT2D eigenvalue weighted by Gasteiger charge is 2.33. The third kappa shape index (κ3) is 5.69. The summed E-state index contributed by atoms with van der Waals surface area (Å²) in [5.41, 5.74) is -0.349. The molecule has 1 unspecified atom stereocenters. The second kappa shape index (κ2) is 8.70. The van der Waals surface area contributed by atoms with Crippen molar-refractivity contribution in [1.29, 1.82) is 0 Å². The lowest BCUT2D eigenvalue weighted by Crippen LogP contribution is -2.49. The quantitative estimate of drug-likeness (QED) is 0.766. The molecule has 0 aromatic carbocycles. The van der Waals surface area contributed by atoms with Crippen molar-refractivity contribution in [3.8, 4) is 0 Å². The molecule has 2 rings (SSSR count). The summed E-state index contributed by atoms with van der Waals surface area (Å²) in [6, 6.07) is -0.782. The minimum absolute atomic E-state index is 0.0808. The zero-order valence-electron chi connectivity index (χ0n) is 17.8. The molecule has 1 N–H and O–H groups in total. The van der Waals surface area contributed by atoms with Gasteiger partial charge in [-0.15, -0.1) is 0 Å². The molecule has 1 saturated heterocycles. The molecule has 1 atom stereocenters. The molecular weight excluding hydrogens is 400 g/mol. The van der Waals surface area contributed by atoms with Crippen LogP contribution >= 0.6 is 0 Å². The van der Waals surface area contributed by atoms with Crippen molar-refractivity contribution in [3.05, 3.63) is 11.5 Å². The van der Waals surface area contributed by atoms with E-state index >= 15 is 0 Å². The van der Waals surface area contributed by atoms with Crippen LogP contribution in [-0.4, -0.2) is 72.6 Å². The normalized spacial score (nSPS) is 17.5. The molecule has 0 radical (unpaired) electrons. The number of hydrogen-bond acceptors (Lipinski definition) is 7. The maximum absolute atomic E-state index is 13.0. The lowest BCUT2D eigenvalue weighted by atomic mass is 10.2. The van der Waals surface area contributed by atoms with E-state index in [1.54, 1.807) is 46.4 Å². The largest absolute Gasteiger partial charge is 0.444 e. The van der Waals surface area contributed by atoms with Crippen molar-refractivity contribution in [3.63, 3.8) is 0 Å². The van der Waals surface area contributed by atoms with Gasteiger partial charge in [0.2, 0.25) is 15.9 Å². The second-order valence-electron chi connectivity index (χ2n) is 8.10. The first kappa shape index (κ1) is 23.1. The average molecular weight is 431 g/mol. The minimum Gasteiger partial charge on any atom is -0.444 e. The van der Waals surface area contributed by atoms with Crippen molar-refractivity contribution >= 4 is 22.0 Å². The van der Waals surface area contributed by atoms with Crippen LogP contribution < -0.4 is 5.32 Å². The van der Waals surface area contributed by atoms with Gasteiger partial charge in [0.05, 0.1) is 0 Å². The first-order valence-corrected chi connectivity index (χ1v) is 11.0. The fourth-order valence-corrected chi connectivity index (χ4v) is 4.91. The van der Waals surface area contributed by atoms with E-state index in [0.29, 0.717) is 18.7 Å². The van der Waals surface area contributed by atoms with Gasteiger partial charge in [-0.1, -0.05) is 5.16 Å². The Bertz CT molecular complexity index is 839. The zero-order valence-corrected chi connectivity index (χ0v) is 18.6. The fourth-order valence-electron chi connectivity index (χ4n) is 3.15. The molecule has 29 heavy (non-hydrogen) atoms. The maximum Gasteiger partial charge on any atom is 0.408 e. The van der Waals surface area contributed by atoms with Crippen LogP contribution in [0.3, 0.4) is 0 Å². The van der Waals surface area contributed by atoms with Gasteiger partial charge in [-0.25, -0.2) is 13.2 Å². The molecule has 164 valence electrons. The number of nitrogens with one attached hydrogen (secondary N) is 1. The van der Waals surface area contributed by atoms with Crippen LogP contribution in [-0.2, 0) is 19.6 Å². The number of hydrogen-bond donors (Lipinski definition) is 1. The number of carbonyl (C=O) groups excluding carboxylic acids is 2. The highest BCUT2D eigenvalue weighted by molar-refractivity contribution is 7.89. The Balaban J connectivity index is 2.02. The smallest absolute Gasteiger partial charge is 0.408 e. The molecule has 0 bridgehead atoms. The summed E-state index contributed by atoms with van der Waals surface area (Å²) < 4.78 is 37.5. The number of carbonyl (C=O) groups is 2. The van der Waals surface area contributed by atoms with Crippen molar-refractivity contribution < 1.29 is 27.3 Å². The van der Waals surface area contributed by atoms with Crippen LogP contribution in [0.15, 0.2) is 9.42 Å². The first-order valence-electron chi connectivity index (χ1n) is 9.54. The van der Waals surface area contributed by atoms with Gasteiger partial charge in [-0.2, -0.15) is 4.31 Å². The molecule has 10 nitrogen and oxygen atoms in total. The molecule has 1 fully saturated rings. The van der Waals surface area contributed by atoms with Gasteiger partial charge in [0, 0.05) is 26.2 Å². The number of rotatable bonds is 4. The van der Waals surface area contributed by atoms with E-state index in [1.165, 1.54) is 4.31 Å². The van der Waals surface area contributed by atoms with Crippen LogP contribution in [0.5, 0.6) is 0 Å². The van der Waals surface area contributed by atoms with E-state index < -0.39 is 27.8 Å². The second-order valence-corrected chi connectivity index (χ2v) is 9.98. The number of aryl methyl sites for hydroxylation is 2. The Labute approximate surface area is 171 Å². The van der Waals surface area contributed by atoms with E-state index in [0.717, 1.165) is 0 Å². The van der Waals surface area contributed by atoms with Gasteiger partial charge >= 0.3 is 6.09 Å². The van der Waals surface area contributed by atoms with Gasteiger partial charge in [0.15, 0.2) is 5.76 Å². The molecule has 0 aliphatic carbocycles. The molecule has 0 spiro atoms. The average Bonchev–Trinajstić information content (AvgIpc) is 2.79. The molecule has 2 amide bonds. The van der Waals surface area contributed by atoms with Crippen LogP contribution in [0.2, 0.25) is 0 Å². The van der Waals surface area contributed by atoms with E-state index in [-0.39, 0.29) is 36.2 Å². The molecule has 11 heteroatoms. The summed E-state index contributed by atoms with van der Waals surface area (Å²) >= 11 is 0. The Morgan fingerprint density at radius 1 is 1.17 bits per heavy atom. The predicted molar refractivity (Wildman–Crippen MR) is 105 cm³/mol. The molecule has 1 aliphatic heterocycles. The fraction of sp³-hybridized carbons (Fsp3) is 0.722. The summed E-state index contributed by atoms with van der Waals surface area (Å²) in [6.07, 6.45) is -0.191. The SMILES string of the molecule is Cc1noc(C)c1S(=O)(=O)N1CCCN(C(=O)C(C)NC(=O)OC(C)(C)C)CC1. The number of sulfonamides is 1. The Kier molecular flexibility index (Phi) is 6.94. The standard InChI is InChI=1S/C18H30N4O6S/c1-12-15(14(3)28-20-12)29(25,26)22-9-7-8-21(10-11-22)16(23)13(2)19-17(24)27-18(4,5)6/h13H,7-11H2,1-6H3,(H,19,24).